The summed E-state index contributed by atoms with van der Waals surface area (Å²) in [6.07, 6.45) is 4.74. The van der Waals surface area contributed by atoms with E-state index in [2.05, 4.69) is 0 Å². The number of nitrogens with zero attached hydrogens (tertiary/aromatic N) is 1. The van der Waals surface area contributed by atoms with Crippen molar-refractivity contribution in [1.82, 2.24) is 4.90 Å². The summed E-state index contributed by atoms with van der Waals surface area (Å²) in [5, 5.41) is 9.85. The maximum atomic E-state index is 12.5. The summed E-state index contributed by atoms with van der Waals surface area (Å²) in [6.45, 7) is 0. The van der Waals surface area contributed by atoms with Crippen LogP contribution in [0.4, 0.5) is 0 Å². The maximum absolute atomic E-state index is 12.5. The summed E-state index contributed by atoms with van der Waals surface area (Å²) < 4.78 is 0. The summed E-state index contributed by atoms with van der Waals surface area (Å²) in [5.74, 6) is -1.40. The van der Waals surface area contributed by atoms with Crippen molar-refractivity contribution in [1.29, 1.82) is 0 Å². The lowest BCUT2D eigenvalue weighted by molar-refractivity contribution is -0.154. The zero-order chi connectivity index (χ0) is 14.3. The van der Waals surface area contributed by atoms with Crippen LogP contribution in [0.15, 0.2) is 42.5 Å². The predicted octanol–water partition coefficient (Wildman–Crippen LogP) is 2.24. The molecule has 1 saturated heterocycles. The maximum Gasteiger partial charge on any atom is 0.313 e. The van der Waals surface area contributed by atoms with E-state index in [1.807, 2.05) is 42.5 Å². The van der Waals surface area contributed by atoms with Crippen molar-refractivity contribution < 1.29 is 14.7 Å². The quantitative estimate of drug-likeness (QED) is 0.839. The molecule has 0 bridgehead atoms. The molecule has 2 aliphatic rings. The van der Waals surface area contributed by atoms with Crippen molar-refractivity contribution in [3.05, 3.63) is 48.0 Å². The van der Waals surface area contributed by atoms with Crippen LogP contribution in [0, 0.1) is 11.3 Å². The Morgan fingerprint density at radius 1 is 1.30 bits per heavy atom. The van der Waals surface area contributed by atoms with E-state index >= 15 is 0 Å². The van der Waals surface area contributed by atoms with E-state index in [-0.39, 0.29) is 5.91 Å². The van der Waals surface area contributed by atoms with Gasteiger partial charge in [-0.15, -0.1) is 0 Å². The molecule has 1 aliphatic carbocycles. The van der Waals surface area contributed by atoms with Gasteiger partial charge in [0.25, 0.3) is 0 Å². The third-order valence-corrected chi connectivity index (χ3v) is 4.65. The van der Waals surface area contributed by atoms with Crippen LogP contribution >= 0.6 is 0 Å². The number of hydrogen-bond donors (Lipinski definition) is 1. The molecule has 0 radical (unpaired) electrons. The molecule has 1 N–H and O–H groups in total. The molecule has 4 heteroatoms. The molecular weight excluding hydrogens is 254 g/mol. The largest absolute Gasteiger partial charge is 0.481 e. The minimum Gasteiger partial charge on any atom is -0.481 e. The molecule has 1 aromatic rings. The van der Waals surface area contributed by atoms with Crippen LogP contribution in [0.25, 0.3) is 0 Å². The van der Waals surface area contributed by atoms with E-state index in [1.165, 1.54) is 0 Å². The van der Waals surface area contributed by atoms with E-state index in [9.17, 15) is 14.7 Å². The summed E-state index contributed by atoms with van der Waals surface area (Å²) in [4.78, 5) is 26.1. The van der Waals surface area contributed by atoms with E-state index < -0.39 is 23.3 Å². The molecule has 0 unspecified atom stereocenters. The standard InChI is InChI=1S/C16H17NO3/c1-17-13(11-7-3-2-4-8-11)16(15(19)20)10-6-5-9-12(16)14(17)18/h2-8,12-13H,9-10H2,1H3,(H,19,20)/t12-,13-,16+/m1/s1. The van der Waals surface area contributed by atoms with E-state index in [1.54, 1.807) is 11.9 Å². The summed E-state index contributed by atoms with van der Waals surface area (Å²) >= 11 is 0. The molecule has 3 atom stereocenters. The number of benzene rings is 1. The Balaban J connectivity index is 2.18. The Morgan fingerprint density at radius 2 is 2.00 bits per heavy atom. The van der Waals surface area contributed by atoms with Crippen LogP contribution in [-0.2, 0) is 9.59 Å². The van der Waals surface area contributed by atoms with Gasteiger partial charge in [0.1, 0.15) is 5.41 Å². The molecular formula is C16H17NO3. The highest BCUT2D eigenvalue weighted by molar-refractivity contribution is 5.93. The van der Waals surface area contributed by atoms with Gasteiger partial charge < -0.3 is 10.0 Å². The summed E-state index contributed by atoms with van der Waals surface area (Å²) in [6, 6.07) is 9.07. The molecule has 0 saturated carbocycles. The number of carboxylic acid groups (broad SMARTS) is 1. The number of carbonyl (C=O) groups is 2. The average Bonchev–Trinajstić information content (AvgIpc) is 2.70. The van der Waals surface area contributed by atoms with Gasteiger partial charge in [0, 0.05) is 7.05 Å². The van der Waals surface area contributed by atoms with Crippen molar-refractivity contribution in [2.75, 3.05) is 7.05 Å². The molecule has 104 valence electrons. The number of aliphatic carboxylic acids is 1. The van der Waals surface area contributed by atoms with Gasteiger partial charge in [0.15, 0.2) is 0 Å². The summed E-state index contributed by atoms with van der Waals surface area (Å²) in [7, 11) is 1.71. The van der Waals surface area contributed by atoms with Gasteiger partial charge >= 0.3 is 5.97 Å². The number of rotatable bonds is 2. The number of hydrogen-bond acceptors (Lipinski definition) is 2. The topological polar surface area (TPSA) is 57.6 Å². The molecule has 4 nitrogen and oxygen atoms in total. The van der Waals surface area contributed by atoms with Crippen molar-refractivity contribution in [2.45, 2.75) is 18.9 Å². The molecule has 1 aromatic carbocycles. The molecule has 1 amide bonds. The predicted molar refractivity (Wildman–Crippen MR) is 73.9 cm³/mol. The Hall–Kier alpha value is -2.10. The minimum absolute atomic E-state index is 0.0643. The smallest absolute Gasteiger partial charge is 0.313 e. The summed E-state index contributed by atoms with van der Waals surface area (Å²) in [5.41, 5.74) is -0.148. The van der Waals surface area contributed by atoms with Crippen LogP contribution < -0.4 is 0 Å². The molecule has 1 aliphatic heterocycles. The van der Waals surface area contributed by atoms with E-state index in [4.69, 9.17) is 0 Å². The number of amides is 1. The Labute approximate surface area is 117 Å². The lowest BCUT2D eigenvalue weighted by atomic mass is 9.65. The van der Waals surface area contributed by atoms with Gasteiger partial charge in [-0.05, 0) is 18.4 Å². The zero-order valence-corrected chi connectivity index (χ0v) is 11.3. The molecule has 0 spiro atoms. The van der Waals surface area contributed by atoms with Crippen LogP contribution in [-0.4, -0.2) is 28.9 Å². The van der Waals surface area contributed by atoms with Crippen molar-refractivity contribution >= 4 is 11.9 Å². The lowest BCUT2D eigenvalue weighted by Gasteiger charge is -2.36. The van der Waals surface area contributed by atoms with Crippen molar-refractivity contribution in [3.8, 4) is 0 Å². The fourth-order valence-corrected chi connectivity index (χ4v) is 3.71. The van der Waals surface area contributed by atoms with Crippen molar-refractivity contribution in [3.63, 3.8) is 0 Å². The normalized spacial score (nSPS) is 32.2. The first-order valence-corrected chi connectivity index (χ1v) is 6.79. The molecule has 20 heavy (non-hydrogen) atoms. The molecule has 0 aromatic heterocycles. The van der Waals surface area contributed by atoms with E-state index in [0.717, 1.165) is 5.56 Å². The second kappa shape index (κ2) is 4.47. The Kier molecular flexibility index (Phi) is 2.89. The highest BCUT2D eigenvalue weighted by Gasteiger charge is 2.62. The van der Waals surface area contributed by atoms with Gasteiger partial charge in [0.05, 0.1) is 12.0 Å². The average molecular weight is 271 g/mol. The second-order valence-corrected chi connectivity index (χ2v) is 5.57. The zero-order valence-electron chi connectivity index (χ0n) is 11.3. The van der Waals surface area contributed by atoms with Gasteiger partial charge in [-0.3, -0.25) is 9.59 Å². The molecule has 1 heterocycles. The lowest BCUT2D eigenvalue weighted by Crippen LogP contribution is -2.42. The van der Waals surface area contributed by atoms with Crippen LogP contribution in [0.3, 0.4) is 0 Å². The van der Waals surface area contributed by atoms with E-state index in [0.29, 0.717) is 12.8 Å². The highest BCUT2D eigenvalue weighted by atomic mass is 16.4. The Morgan fingerprint density at radius 3 is 2.65 bits per heavy atom. The third kappa shape index (κ3) is 1.54. The second-order valence-electron chi connectivity index (χ2n) is 5.57. The van der Waals surface area contributed by atoms with Crippen LogP contribution in [0.2, 0.25) is 0 Å². The fraction of sp³-hybridized carbons (Fsp3) is 0.375. The van der Waals surface area contributed by atoms with Crippen molar-refractivity contribution in [2.24, 2.45) is 11.3 Å². The van der Waals surface area contributed by atoms with Gasteiger partial charge in [-0.2, -0.15) is 0 Å². The first kappa shape index (κ1) is 12.9. The first-order valence-electron chi connectivity index (χ1n) is 6.79. The SMILES string of the molecule is CN1C(=O)[C@H]2CC=CC[C@@]2(C(=O)O)[C@H]1c1ccccc1. The number of fused-ring (bicyclic) bond motifs is 1. The van der Waals surface area contributed by atoms with Gasteiger partial charge in [-0.1, -0.05) is 42.5 Å². The molecule has 3 rings (SSSR count). The third-order valence-electron chi connectivity index (χ3n) is 4.65. The number of carboxylic acids is 1. The first-order chi connectivity index (χ1) is 9.59. The number of allylic oxidation sites excluding steroid dienone is 2. The van der Waals surface area contributed by atoms with Crippen LogP contribution in [0.5, 0.6) is 0 Å². The molecule has 1 fully saturated rings. The van der Waals surface area contributed by atoms with Gasteiger partial charge in [0.2, 0.25) is 5.91 Å². The highest BCUT2D eigenvalue weighted by Crippen LogP contribution is 2.56. The monoisotopic (exact) mass is 271 g/mol. The van der Waals surface area contributed by atoms with Crippen LogP contribution in [0.1, 0.15) is 24.4 Å². The van der Waals surface area contributed by atoms with Gasteiger partial charge in [-0.25, -0.2) is 0 Å². The Bertz CT molecular complexity index is 581. The number of carbonyl (C=O) groups excluding carboxylic acids is 1. The fourth-order valence-electron chi connectivity index (χ4n) is 3.71. The minimum atomic E-state index is -1.04. The number of likely N-dealkylation sites (tertiary alicyclic amines) is 1.